The van der Waals surface area contributed by atoms with E-state index in [0.717, 1.165) is 12.0 Å². The Balaban J connectivity index is 1.53. The number of nitrogens with zero attached hydrogens (tertiary/aromatic N) is 4. The zero-order chi connectivity index (χ0) is 22.9. The third-order valence-corrected chi connectivity index (χ3v) is 5.77. The van der Waals surface area contributed by atoms with Gasteiger partial charge >= 0.3 is 0 Å². The summed E-state index contributed by atoms with van der Waals surface area (Å²) < 4.78 is 17.1. The van der Waals surface area contributed by atoms with E-state index in [1.165, 1.54) is 17.7 Å². The smallest absolute Gasteiger partial charge is 0.275 e. The molecular weight excluding hydrogens is 417 g/mol. The number of anilines is 1. The molecule has 7 heteroatoms. The summed E-state index contributed by atoms with van der Waals surface area (Å²) >= 11 is 0. The van der Waals surface area contributed by atoms with Crippen molar-refractivity contribution in [2.24, 2.45) is 0 Å². The van der Waals surface area contributed by atoms with Crippen LogP contribution in [0.2, 0.25) is 0 Å². The maximum Gasteiger partial charge on any atom is 0.275 e. The number of hydrogen-bond donors (Lipinski definition) is 1. The van der Waals surface area contributed by atoms with Crippen molar-refractivity contribution in [1.82, 2.24) is 19.3 Å². The monoisotopic (exact) mass is 441 g/mol. The first-order valence-electron chi connectivity index (χ1n) is 10.9. The first kappa shape index (κ1) is 20.9. The fourth-order valence-corrected chi connectivity index (χ4v) is 4.32. The summed E-state index contributed by atoms with van der Waals surface area (Å²) in [5, 5.41) is 3.37. The number of rotatable bonds is 6. The number of aromatic nitrogens is 4. The standard InChI is InChI=1S/C26H24FN5O/c1-17-15-31-24(23(25(33)32(31)16-17)20-8-10-21(27)11-9-20)22-12-13-28-26(30-22)29-18(2)14-19-6-4-3-5-7-19/h3-13,18H,1,14-16H2,2H3,(H,28,29,30)/t18-/m0/s1. The Bertz CT molecular complexity index is 1370. The molecule has 2 aromatic carbocycles. The molecule has 5 rings (SSSR count). The summed E-state index contributed by atoms with van der Waals surface area (Å²) in [6.07, 6.45) is 2.52. The fourth-order valence-electron chi connectivity index (χ4n) is 4.32. The van der Waals surface area contributed by atoms with Gasteiger partial charge in [-0.15, -0.1) is 0 Å². The number of allylic oxidation sites excluding steroid dienone is 1. The first-order chi connectivity index (χ1) is 16.0. The van der Waals surface area contributed by atoms with E-state index in [2.05, 4.69) is 35.9 Å². The Kier molecular flexibility index (Phi) is 5.38. The van der Waals surface area contributed by atoms with Crippen molar-refractivity contribution >= 4 is 5.95 Å². The van der Waals surface area contributed by atoms with Gasteiger partial charge in [0.2, 0.25) is 5.95 Å². The quantitative estimate of drug-likeness (QED) is 0.447. The van der Waals surface area contributed by atoms with Crippen LogP contribution in [0.5, 0.6) is 0 Å². The van der Waals surface area contributed by atoms with E-state index in [-0.39, 0.29) is 17.4 Å². The van der Waals surface area contributed by atoms with Crippen molar-refractivity contribution in [3.63, 3.8) is 0 Å². The van der Waals surface area contributed by atoms with Gasteiger partial charge in [-0.25, -0.2) is 19.0 Å². The predicted octanol–water partition coefficient (Wildman–Crippen LogP) is 4.53. The Morgan fingerprint density at radius 3 is 2.55 bits per heavy atom. The molecule has 3 heterocycles. The molecule has 166 valence electrons. The van der Waals surface area contributed by atoms with Crippen molar-refractivity contribution < 1.29 is 4.39 Å². The van der Waals surface area contributed by atoms with Crippen molar-refractivity contribution in [2.75, 3.05) is 5.32 Å². The number of nitrogens with one attached hydrogen (secondary N) is 1. The van der Waals surface area contributed by atoms with Crippen LogP contribution in [0.3, 0.4) is 0 Å². The lowest BCUT2D eigenvalue weighted by atomic mass is 10.0. The van der Waals surface area contributed by atoms with Crippen LogP contribution in [-0.2, 0) is 19.5 Å². The molecule has 1 aliphatic rings. The normalized spacial score (nSPS) is 13.7. The van der Waals surface area contributed by atoms with E-state index in [1.807, 2.05) is 22.9 Å². The van der Waals surface area contributed by atoms with Crippen molar-refractivity contribution in [2.45, 2.75) is 32.5 Å². The number of halogens is 1. The van der Waals surface area contributed by atoms with E-state index < -0.39 is 0 Å². The van der Waals surface area contributed by atoms with Crippen molar-refractivity contribution in [3.8, 4) is 22.5 Å². The minimum absolute atomic E-state index is 0.112. The average molecular weight is 442 g/mol. The molecule has 0 amide bonds. The van der Waals surface area contributed by atoms with Gasteiger partial charge in [0.15, 0.2) is 0 Å². The second-order valence-electron chi connectivity index (χ2n) is 8.40. The van der Waals surface area contributed by atoms with Gasteiger partial charge in [-0.3, -0.25) is 9.48 Å². The third-order valence-electron chi connectivity index (χ3n) is 5.77. The lowest BCUT2D eigenvalue weighted by Crippen LogP contribution is -2.20. The summed E-state index contributed by atoms with van der Waals surface area (Å²) in [6.45, 7) is 7.12. The molecule has 0 fully saturated rings. The molecule has 0 unspecified atom stereocenters. The molecular formula is C26H24FN5O. The number of benzene rings is 2. The molecule has 0 bridgehead atoms. The molecule has 1 atom stereocenters. The minimum Gasteiger partial charge on any atom is -0.351 e. The molecule has 6 nitrogen and oxygen atoms in total. The third kappa shape index (κ3) is 4.09. The summed E-state index contributed by atoms with van der Waals surface area (Å²) in [5.41, 5.74) is 4.51. The highest BCUT2D eigenvalue weighted by Gasteiger charge is 2.27. The van der Waals surface area contributed by atoms with Crippen LogP contribution in [0.25, 0.3) is 22.5 Å². The summed E-state index contributed by atoms with van der Waals surface area (Å²) in [6, 6.07) is 18.1. The second kappa shape index (κ2) is 8.50. The van der Waals surface area contributed by atoms with Gasteiger partial charge in [-0.1, -0.05) is 49.0 Å². The number of fused-ring (bicyclic) bond motifs is 1. The summed E-state index contributed by atoms with van der Waals surface area (Å²) in [5.74, 6) is 0.146. The molecule has 1 N–H and O–H groups in total. The van der Waals surface area contributed by atoms with E-state index >= 15 is 0 Å². The zero-order valence-electron chi connectivity index (χ0n) is 18.3. The topological polar surface area (TPSA) is 64.7 Å². The zero-order valence-corrected chi connectivity index (χ0v) is 18.3. The highest BCUT2D eigenvalue weighted by atomic mass is 19.1. The van der Waals surface area contributed by atoms with E-state index in [4.69, 9.17) is 4.98 Å². The highest BCUT2D eigenvalue weighted by Crippen LogP contribution is 2.32. The SMILES string of the molecule is C=C1Cn2c(-c3ccnc(N[C@@H](C)Cc4ccccc4)n3)c(-c3ccc(F)cc3)c(=O)n2C1. The molecule has 2 aromatic heterocycles. The fraction of sp³-hybridized carbons (Fsp3) is 0.192. The van der Waals surface area contributed by atoms with Crippen LogP contribution < -0.4 is 10.9 Å². The maximum atomic E-state index is 13.5. The van der Waals surface area contributed by atoms with Crippen molar-refractivity contribution in [3.05, 3.63) is 101 Å². The van der Waals surface area contributed by atoms with Gasteiger partial charge in [-0.2, -0.15) is 0 Å². The largest absolute Gasteiger partial charge is 0.351 e. The predicted molar refractivity (Wildman–Crippen MR) is 127 cm³/mol. The molecule has 0 saturated heterocycles. The Labute approximate surface area is 191 Å². The van der Waals surface area contributed by atoms with Gasteiger partial charge in [-0.05, 0) is 48.2 Å². The summed E-state index contributed by atoms with van der Waals surface area (Å²) in [4.78, 5) is 22.4. The summed E-state index contributed by atoms with van der Waals surface area (Å²) in [7, 11) is 0. The first-order valence-corrected chi connectivity index (χ1v) is 10.9. The maximum absolute atomic E-state index is 13.5. The van der Waals surface area contributed by atoms with Gasteiger partial charge in [0.1, 0.15) is 5.82 Å². The Morgan fingerprint density at radius 2 is 1.79 bits per heavy atom. The van der Waals surface area contributed by atoms with Crippen LogP contribution in [0, 0.1) is 5.82 Å². The van der Waals surface area contributed by atoms with E-state index in [1.54, 1.807) is 29.1 Å². The van der Waals surface area contributed by atoms with Crippen LogP contribution in [0.1, 0.15) is 12.5 Å². The van der Waals surface area contributed by atoms with Crippen molar-refractivity contribution in [1.29, 1.82) is 0 Å². The van der Waals surface area contributed by atoms with Gasteiger partial charge < -0.3 is 5.32 Å². The Morgan fingerprint density at radius 1 is 1.06 bits per heavy atom. The highest BCUT2D eigenvalue weighted by molar-refractivity contribution is 5.79. The molecule has 1 aliphatic heterocycles. The molecule has 0 saturated carbocycles. The molecule has 0 aliphatic carbocycles. The van der Waals surface area contributed by atoms with Crippen LogP contribution in [0.15, 0.2) is 83.8 Å². The molecule has 0 radical (unpaired) electrons. The average Bonchev–Trinajstić information content (AvgIpc) is 3.30. The molecule has 33 heavy (non-hydrogen) atoms. The van der Waals surface area contributed by atoms with E-state index in [0.29, 0.717) is 41.6 Å². The second-order valence-corrected chi connectivity index (χ2v) is 8.40. The number of hydrogen-bond acceptors (Lipinski definition) is 4. The van der Waals surface area contributed by atoms with Crippen LogP contribution in [0.4, 0.5) is 10.3 Å². The van der Waals surface area contributed by atoms with Gasteiger partial charge in [0.05, 0.1) is 30.0 Å². The van der Waals surface area contributed by atoms with Gasteiger partial charge in [0, 0.05) is 12.2 Å². The molecule has 4 aromatic rings. The Hall–Kier alpha value is -4.00. The van der Waals surface area contributed by atoms with Gasteiger partial charge in [0.25, 0.3) is 5.56 Å². The van der Waals surface area contributed by atoms with E-state index in [9.17, 15) is 9.18 Å². The minimum atomic E-state index is -0.346. The lowest BCUT2D eigenvalue weighted by molar-refractivity contribution is 0.599. The van der Waals surface area contributed by atoms with Crippen LogP contribution in [-0.4, -0.2) is 25.4 Å². The van der Waals surface area contributed by atoms with Crippen LogP contribution >= 0.6 is 0 Å². The molecule has 0 spiro atoms. The lowest BCUT2D eigenvalue weighted by Gasteiger charge is -2.15.